The Morgan fingerprint density at radius 1 is 1.14 bits per heavy atom. The van der Waals surface area contributed by atoms with Crippen LogP contribution in [0, 0.1) is 5.82 Å². The lowest BCUT2D eigenvalue weighted by Crippen LogP contribution is -1.89. The normalized spacial score (nSPS) is 10.9. The van der Waals surface area contributed by atoms with Crippen molar-refractivity contribution in [3.8, 4) is 0 Å². The molecular weight excluding hydrogens is 294 g/mol. The molecule has 0 unspecified atom stereocenters. The fraction of sp³-hybridized carbons (Fsp3) is 0. The molecule has 0 saturated carbocycles. The summed E-state index contributed by atoms with van der Waals surface area (Å²) in [6.07, 6.45) is 0. The summed E-state index contributed by atoms with van der Waals surface area (Å²) in [5.41, 5.74) is 0.854. The Hall–Kier alpha value is -0.450. The van der Waals surface area contributed by atoms with Crippen molar-refractivity contribution >= 4 is 50.2 Å². The second-order valence-corrected chi connectivity index (χ2v) is 4.13. The Balaban J connectivity index is 2.89. The summed E-state index contributed by atoms with van der Waals surface area (Å²) in [6, 6.07) is 2.54. The third-order valence-corrected chi connectivity index (χ3v) is 2.84. The van der Waals surface area contributed by atoms with Crippen molar-refractivity contribution in [2.75, 3.05) is 0 Å². The predicted molar refractivity (Wildman–Crippen MR) is 57.2 cm³/mol. The standard InChI is InChI=1S/C8H2BrCl2FN2/c9-4-1-3(12)2-5-6(4)14-8(11)7(10)13-5/h1-2H. The molecule has 0 aliphatic heterocycles. The van der Waals surface area contributed by atoms with Crippen LogP contribution in [-0.2, 0) is 0 Å². The number of aromatic nitrogens is 2. The molecule has 0 N–H and O–H groups in total. The van der Waals surface area contributed by atoms with E-state index in [-0.39, 0.29) is 10.3 Å². The van der Waals surface area contributed by atoms with Gasteiger partial charge in [-0.05, 0) is 22.0 Å². The average Bonchev–Trinajstić information content (AvgIpc) is 2.08. The number of nitrogens with zero attached hydrogens (tertiary/aromatic N) is 2. The maximum Gasteiger partial charge on any atom is 0.167 e. The van der Waals surface area contributed by atoms with Gasteiger partial charge in [0.05, 0.1) is 5.52 Å². The highest BCUT2D eigenvalue weighted by atomic mass is 79.9. The molecule has 14 heavy (non-hydrogen) atoms. The van der Waals surface area contributed by atoms with Crippen molar-refractivity contribution in [1.29, 1.82) is 0 Å². The summed E-state index contributed by atoms with van der Waals surface area (Å²) in [6.45, 7) is 0. The summed E-state index contributed by atoms with van der Waals surface area (Å²) in [5, 5.41) is 0.170. The molecule has 0 aliphatic carbocycles. The van der Waals surface area contributed by atoms with Crippen LogP contribution in [0.3, 0.4) is 0 Å². The van der Waals surface area contributed by atoms with Gasteiger partial charge < -0.3 is 0 Å². The minimum Gasteiger partial charge on any atom is -0.231 e. The molecule has 0 radical (unpaired) electrons. The van der Waals surface area contributed by atoms with Crippen LogP contribution in [0.15, 0.2) is 16.6 Å². The molecule has 2 nitrogen and oxygen atoms in total. The summed E-state index contributed by atoms with van der Waals surface area (Å²) >= 11 is 14.5. The third kappa shape index (κ3) is 1.69. The maximum absolute atomic E-state index is 13.0. The molecule has 1 heterocycles. The second-order valence-electron chi connectivity index (χ2n) is 2.56. The zero-order valence-electron chi connectivity index (χ0n) is 6.56. The van der Waals surface area contributed by atoms with Gasteiger partial charge in [-0.3, -0.25) is 0 Å². The number of fused-ring (bicyclic) bond motifs is 1. The minimum atomic E-state index is -0.405. The fourth-order valence-electron chi connectivity index (χ4n) is 1.04. The van der Waals surface area contributed by atoms with E-state index in [0.717, 1.165) is 0 Å². The van der Waals surface area contributed by atoms with Gasteiger partial charge in [-0.25, -0.2) is 14.4 Å². The van der Waals surface area contributed by atoms with E-state index >= 15 is 0 Å². The number of halogens is 4. The van der Waals surface area contributed by atoms with E-state index in [9.17, 15) is 4.39 Å². The lowest BCUT2D eigenvalue weighted by Gasteiger charge is -2.01. The number of rotatable bonds is 0. The van der Waals surface area contributed by atoms with Crippen LogP contribution in [0.5, 0.6) is 0 Å². The van der Waals surface area contributed by atoms with Gasteiger partial charge in [-0.2, -0.15) is 0 Å². The van der Waals surface area contributed by atoms with Crippen molar-refractivity contribution in [1.82, 2.24) is 9.97 Å². The molecular formula is C8H2BrCl2FN2. The molecule has 0 atom stereocenters. The zero-order valence-corrected chi connectivity index (χ0v) is 9.66. The first-order chi connectivity index (χ1) is 6.58. The van der Waals surface area contributed by atoms with Crippen LogP contribution < -0.4 is 0 Å². The summed E-state index contributed by atoms with van der Waals surface area (Å²) < 4.78 is 13.5. The smallest absolute Gasteiger partial charge is 0.167 e. The van der Waals surface area contributed by atoms with E-state index in [4.69, 9.17) is 23.2 Å². The van der Waals surface area contributed by atoms with Crippen molar-refractivity contribution in [2.45, 2.75) is 0 Å². The first kappa shape index (κ1) is 10.1. The Labute approximate surface area is 97.2 Å². The van der Waals surface area contributed by atoms with Crippen LogP contribution in [-0.4, -0.2) is 9.97 Å². The predicted octanol–water partition coefficient (Wildman–Crippen LogP) is 3.84. The summed E-state index contributed by atoms with van der Waals surface area (Å²) in [7, 11) is 0. The Bertz CT molecular complexity index is 518. The minimum absolute atomic E-state index is 0.0664. The lowest BCUT2D eigenvalue weighted by atomic mass is 10.3. The molecule has 0 amide bonds. The molecule has 0 aliphatic rings. The first-order valence-corrected chi connectivity index (χ1v) is 5.10. The molecule has 1 aromatic heterocycles. The molecule has 1 aromatic carbocycles. The van der Waals surface area contributed by atoms with E-state index in [2.05, 4.69) is 25.9 Å². The van der Waals surface area contributed by atoms with Gasteiger partial charge in [0.1, 0.15) is 11.3 Å². The van der Waals surface area contributed by atoms with Gasteiger partial charge in [-0.1, -0.05) is 23.2 Å². The van der Waals surface area contributed by atoms with Gasteiger partial charge in [-0.15, -0.1) is 0 Å². The van der Waals surface area contributed by atoms with E-state index in [1.807, 2.05) is 0 Å². The molecule has 2 aromatic rings. The van der Waals surface area contributed by atoms with Gasteiger partial charge in [0, 0.05) is 10.5 Å². The Morgan fingerprint density at radius 2 is 1.79 bits per heavy atom. The highest BCUT2D eigenvalue weighted by Crippen LogP contribution is 2.26. The van der Waals surface area contributed by atoms with Gasteiger partial charge in [0.15, 0.2) is 10.3 Å². The van der Waals surface area contributed by atoms with Crippen LogP contribution in [0.4, 0.5) is 4.39 Å². The van der Waals surface area contributed by atoms with Gasteiger partial charge in [0.25, 0.3) is 0 Å². The van der Waals surface area contributed by atoms with E-state index < -0.39 is 5.82 Å². The van der Waals surface area contributed by atoms with Crippen LogP contribution in [0.2, 0.25) is 10.3 Å². The molecule has 0 bridgehead atoms. The highest BCUT2D eigenvalue weighted by molar-refractivity contribution is 9.10. The fourth-order valence-corrected chi connectivity index (χ4v) is 1.82. The lowest BCUT2D eigenvalue weighted by molar-refractivity contribution is 0.628. The van der Waals surface area contributed by atoms with Crippen molar-refractivity contribution in [3.63, 3.8) is 0 Å². The monoisotopic (exact) mass is 294 g/mol. The quantitative estimate of drug-likeness (QED) is 0.738. The Kier molecular flexibility index (Phi) is 2.60. The molecule has 0 spiro atoms. The maximum atomic E-state index is 13.0. The highest BCUT2D eigenvalue weighted by Gasteiger charge is 2.08. The first-order valence-electron chi connectivity index (χ1n) is 3.56. The van der Waals surface area contributed by atoms with Gasteiger partial charge in [0.2, 0.25) is 0 Å². The van der Waals surface area contributed by atoms with Gasteiger partial charge >= 0.3 is 0 Å². The van der Waals surface area contributed by atoms with E-state index in [0.29, 0.717) is 15.5 Å². The molecule has 0 fully saturated rings. The van der Waals surface area contributed by atoms with Crippen LogP contribution >= 0.6 is 39.1 Å². The molecule has 72 valence electrons. The topological polar surface area (TPSA) is 25.8 Å². The van der Waals surface area contributed by atoms with Crippen molar-refractivity contribution in [2.24, 2.45) is 0 Å². The van der Waals surface area contributed by atoms with Crippen molar-refractivity contribution < 1.29 is 4.39 Å². The SMILES string of the molecule is Fc1cc(Br)c2nc(Cl)c(Cl)nc2c1. The largest absolute Gasteiger partial charge is 0.231 e. The number of benzene rings is 1. The summed E-state index contributed by atoms with van der Waals surface area (Å²) in [4.78, 5) is 7.87. The Morgan fingerprint density at radius 3 is 2.50 bits per heavy atom. The van der Waals surface area contributed by atoms with Crippen molar-refractivity contribution in [3.05, 3.63) is 32.7 Å². The zero-order chi connectivity index (χ0) is 10.3. The van der Waals surface area contributed by atoms with E-state index in [1.54, 1.807) is 0 Å². The number of hydrogen-bond donors (Lipinski definition) is 0. The third-order valence-electron chi connectivity index (χ3n) is 1.61. The van der Waals surface area contributed by atoms with Crippen LogP contribution in [0.25, 0.3) is 11.0 Å². The molecule has 6 heteroatoms. The second kappa shape index (κ2) is 3.61. The molecule has 0 saturated heterocycles. The average molecular weight is 296 g/mol. The van der Waals surface area contributed by atoms with Crippen LogP contribution in [0.1, 0.15) is 0 Å². The number of hydrogen-bond acceptors (Lipinski definition) is 2. The molecule has 2 rings (SSSR count). The van der Waals surface area contributed by atoms with E-state index in [1.165, 1.54) is 12.1 Å². The summed E-state index contributed by atoms with van der Waals surface area (Å²) in [5.74, 6) is -0.405.